The molecule has 0 aliphatic rings. The predicted molar refractivity (Wildman–Crippen MR) is 125 cm³/mol. The van der Waals surface area contributed by atoms with Crippen LogP contribution in [0.3, 0.4) is 0 Å². The molecule has 0 aliphatic carbocycles. The minimum atomic E-state index is -0.610. The highest BCUT2D eigenvalue weighted by Gasteiger charge is 2.20. The molecule has 1 amide bonds. The van der Waals surface area contributed by atoms with E-state index in [4.69, 9.17) is 9.84 Å². The lowest BCUT2D eigenvalue weighted by molar-refractivity contribution is -0.380. The zero-order valence-electron chi connectivity index (χ0n) is 18.1. The molecule has 36 heavy (non-hydrogen) atoms. The van der Waals surface area contributed by atoms with Gasteiger partial charge in [0.1, 0.15) is 18.2 Å². The number of amides is 1. The van der Waals surface area contributed by atoms with E-state index in [9.17, 15) is 19.3 Å². The molecule has 1 aromatic carbocycles. The van der Waals surface area contributed by atoms with Gasteiger partial charge in [-0.25, -0.2) is 13.8 Å². The Kier molecular flexibility index (Phi) is 6.05. The van der Waals surface area contributed by atoms with Crippen molar-refractivity contribution in [3.05, 3.63) is 75.7 Å². The lowest BCUT2D eigenvalue weighted by atomic mass is 10.3. The minimum Gasteiger partial charge on any atom is -0.474 e. The first-order valence-corrected chi connectivity index (χ1v) is 11.1. The van der Waals surface area contributed by atoms with Crippen LogP contribution in [-0.2, 0) is 0 Å². The number of aliphatic hydroxyl groups excluding tert-OH is 1. The third kappa shape index (κ3) is 4.47. The highest BCUT2D eigenvalue weighted by atomic mass is 32.1. The number of hydrogen-bond donors (Lipinski definition) is 2. The van der Waals surface area contributed by atoms with Gasteiger partial charge in [-0.3, -0.25) is 14.9 Å². The third-order valence-electron chi connectivity index (χ3n) is 4.83. The standard InChI is InChI=1S/C21H15FN8O5S/c22-12-1-3-13(4-2-12)29-19-14(11-23-29)18(24-20(32)15-5-6-17(36-15)30(33)34)25-21(26-19)28-8-7-16(27-28)35-10-9-31/h1-8,11,31H,9-10H2,(H,24,25,26,32). The van der Waals surface area contributed by atoms with Gasteiger partial charge in [0.25, 0.3) is 11.9 Å². The summed E-state index contributed by atoms with van der Waals surface area (Å²) in [6.45, 7) is -0.147. The molecule has 4 heterocycles. The number of rotatable bonds is 8. The zero-order chi connectivity index (χ0) is 25.2. The van der Waals surface area contributed by atoms with E-state index in [-0.39, 0.29) is 46.4 Å². The molecule has 0 unspecified atom stereocenters. The van der Waals surface area contributed by atoms with Gasteiger partial charge in [0.15, 0.2) is 5.65 Å². The summed E-state index contributed by atoms with van der Waals surface area (Å²) in [7, 11) is 0. The average Bonchev–Trinajstić information content (AvgIpc) is 3.63. The molecule has 4 aromatic heterocycles. The van der Waals surface area contributed by atoms with Gasteiger partial charge in [-0.15, -0.1) is 5.10 Å². The number of aliphatic hydroxyl groups is 1. The number of carbonyl (C=O) groups is 1. The van der Waals surface area contributed by atoms with E-state index in [1.54, 1.807) is 6.07 Å². The Hall–Kier alpha value is -4.76. The molecule has 2 N–H and O–H groups in total. The van der Waals surface area contributed by atoms with Gasteiger partial charge >= 0.3 is 5.00 Å². The van der Waals surface area contributed by atoms with E-state index in [2.05, 4.69) is 25.5 Å². The summed E-state index contributed by atoms with van der Waals surface area (Å²) in [5, 5.41) is 31.3. The van der Waals surface area contributed by atoms with Crippen molar-refractivity contribution >= 4 is 39.1 Å². The van der Waals surface area contributed by atoms with Crippen LogP contribution in [0.5, 0.6) is 5.88 Å². The van der Waals surface area contributed by atoms with E-state index < -0.39 is 16.6 Å². The van der Waals surface area contributed by atoms with Crippen molar-refractivity contribution in [2.45, 2.75) is 0 Å². The molecule has 5 aromatic rings. The van der Waals surface area contributed by atoms with Gasteiger partial charge in [-0.05, 0) is 30.3 Å². The Morgan fingerprint density at radius 3 is 2.72 bits per heavy atom. The Morgan fingerprint density at radius 2 is 2.00 bits per heavy atom. The fraction of sp³-hybridized carbons (Fsp3) is 0.0952. The molecule has 0 aliphatic heterocycles. The smallest absolute Gasteiger partial charge is 0.324 e. The van der Waals surface area contributed by atoms with Crippen LogP contribution >= 0.6 is 11.3 Å². The topological polar surface area (TPSA) is 163 Å². The minimum absolute atomic E-state index is 0.0441. The number of fused-ring (bicyclic) bond motifs is 1. The Morgan fingerprint density at radius 1 is 1.19 bits per heavy atom. The Balaban J connectivity index is 1.59. The van der Waals surface area contributed by atoms with Crippen molar-refractivity contribution in [3.63, 3.8) is 0 Å². The number of thiophene rings is 1. The van der Waals surface area contributed by atoms with Gasteiger partial charge in [0, 0.05) is 18.3 Å². The molecule has 0 atom stereocenters. The SMILES string of the molecule is O=C(Nc1nc(-n2ccc(OCCO)n2)nc2c1cnn2-c1ccc(F)cc1)c1ccc([N+](=O)[O-])s1. The van der Waals surface area contributed by atoms with Crippen LogP contribution in [0, 0.1) is 15.9 Å². The van der Waals surface area contributed by atoms with Crippen molar-refractivity contribution in [2.75, 3.05) is 18.5 Å². The molecule has 182 valence electrons. The van der Waals surface area contributed by atoms with E-state index in [0.717, 1.165) is 11.3 Å². The number of hydrogen-bond acceptors (Lipinski definition) is 10. The van der Waals surface area contributed by atoms with Crippen molar-refractivity contribution in [3.8, 4) is 17.5 Å². The number of anilines is 1. The van der Waals surface area contributed by atoms with Crippen molar-refractivity contribution in [1.82, 2.24) is 29.5 Å². The summed E-state index contributed by atoms with van der Waals surface area (Å²) in [5.74, 6) is -0.678. The summed E-state index contributed by atoms with van der Waals surface area (Å²) in [6, 6.07) is 9.71. The van der Waals surface area contributed by atoms with Crippen molar-refractivity contribution < 1.29 is 24.0 Å². The maximum atomic E-state index is 13.5. The Labute approximate surface area is 204 Å². The third-order valence-corrected chi connectivity index (χ3v) is 5.86. The predicted octanol–water partition coefficient (Wildman–Crippen LogP) is 2.73. The van der Waals surface area contributed by atoms with E-state index in [0.29, 0.717) is 11.1 Å². The van der Waals surface area contributed by atoms with Crippen LogP contribution in [0.25, 0.3) is 22.7 Å². The second-order valence-electron chi connectivity index (χ2n) is 7.16. The highest BCUT2D eigenvalue weighted by molar-refractivity contribution is 7.17. The number of benzene rings is 1. The number of aromatic nitrogens is 6. The second kappa shape index (κ2) is 9.47. The first-order valence-electron chi connectivity index (χ1n) is 10.3. The molecule has 13 nitrogen and oxygen atoms in total. The molecular formula is C21H15FN8O5S. The van der Waals surface area contributed by atoms with Gasteiger partial charge in [-0.1, -0.05) is 11.3 Å². The molecule has 0 fully saturated rings. The summed E-state index contributed by atoms with van der Waals surface area (Å²) in [5.41, 5.74) is 0.794. The first-order chi connectivity index (χ1) is 17.4. The van der Waals surface area contributed by atoms with Gasteiger partial charge in [0.2, 0.25) is 5.88 Å². The number of nitro groups is 1. The van der Waals surface area contributed by atoms with Crippen molar-refractivity contribution in [1.29, 1.82) is 0 Å². The first kappa shape index (κ1) is 23.0. The fourth-order valence-corrected chi connectivity index (χ4v) is 3.94. The number of halogens is 1. The number of nitrogens with zero attached hydrogens (tertiary/aromatic N) is 7. The molecule has 0 spiro atoms. The molecule has 5 rings (SSSR count). The maximum absolute atomic E-state index is 13.5. The van der Waals surface area contributed by atoms with Crippen LogP contribution in [0.15, 0.2) is 54.9 Å². The van der Waals surface area contributed by atoms with Gasteiger partial charge < -0.3 is 15.2 Å². The molecule has 0 bridgehead atoms. The molecule has 0 saturated heterocycles. The quantitative estimate of drug-likeness (QED) is 0.236. The summed E-state index contributed by atoms with van der Waals surface area (Å²) >= 11 is 0.723. The second-order valence-corrected chi connectivity index (χ2v) is 8.22. The van der Waals surface area contributed by atoms with Crippen LogP contribution in [0.1, 0.15) is 9.67 Å². The van der Waals surface area contributed by atoms with E-state index in [1.807, 2.05) is 0 Å². The molecule has 0 radical (unpaired) electrons. The van der Waals surface area contributed by atoms with Crippen LogP contribution in [-0.4, -0.2) is 58.7 Å². The molecule has 15 heteroatoms. The Bertz CT molecular complexity index is 1580. The lowest BCUT2D eigenvalue weighted by Gasteiger charge is -2.09. The average molecular weight is 510 g/mol. The summed E-state index contributed by atoms with van der Waals surface area (Å²) in [6.07, 6.45) is 2.97. The lowest BCUT2D eigenvalue weighted by Crippen LogP contribution is -2.14. The van der Waals surface area contributed by atoms with E-state index >= 15 is 0 Å². The number of ether oxygens (including phenoxy) is 1. The highest BCUT2D eigenvalue weighted by Crippen LogP contribution is 2.28. The van der Waals surface area contributed by atoms with Crippen LogP contribution in [0.4, 0.5) is 15.2 Å². The van der Waals surface area contributed by atoms with Crippen LogP contribution < -0.4 is 10.1 Å². The fourth-order valence-electron chi connectivity index (χ4n) is 3.23. The van der Waals surface area contributed by atoms with Gasteiger partial charge in [0.05, 0.1) is 33.7 Å². The maximum Gasteiger partial charge on any atom is 0.324 e. The van der Waals surface area contributed by atoms with E-state index in [1.165, 1.54) is 58.2 Å². The summed E-state index contributed by atoms with van der Waals surface area (Å²) < 4.78 is 21.5. The number of carbonyl (C=O) groups excluding carboxylic acids is 1. The summed E-state index contributed by atoms with van der Waals surface area (Å²) in [4.78, 5) is 32.3. The number of nitrogens with one attached hydrogen (secondary N) is 1. The largest absolute Gasteiger partial charge is 0.474 e. The van der Waals surface area contributed by atoms with Crippen molar-refractivity contribution in [2.24, 2.45) is 0 Å². The zero-order valence-corrected chi connectivity index (χ0v) is 18.9. The monoisotopic (exact) mass is 510 g/mol. The van der Waals surface area contributed by atoms with Crippen LogP contribution in [0.2, 0.25) is 0 Å². The van der Waals surface area contributed by atoms with Gasteiger partial charge in [-0.2, -0.15) is 15.1 Å². The molecular weight excluding hydrogens is 495 g/mol. The normalized spacial score (nSPS) is 11.1. The molecule has 0 saturated carbocycles.